The Bertz CT molecular complexity index is 1750. The molecule has 3 saturated heterocycles. The zero-order valence-corrected chi connectivity index (χ0v) is 28.3. The Hall–Kier alpha value is -4.74. The average molecular weight is 676 g/mol. The predicted molar refractivity (Wildman–Crippen MR) is 192 cm³/mol. The second-order valence-corrected chi connectivity index (χ2v) is 13.3. The molecule has 260 valence electrons. The monoisotopic (exact) mass is 675 g/mol. The van der Waals surface area contributed by atoms with Gasteiger partial charge in [0.2, 0.25) is 5.91 Å². The predicted octanol–water partition coefficient (Wildman–Crippen LogP) is 5.69. The minimum atomic E-state index is -0.705. The van der Waals surface area contributed by atoms with Crippen LogP contribution >= 0.6 is 0 Å². The SMILES string of the molecule is CCNC(=O)Nc1cccc(C2O[C@H](CN3CCC4(CC3)C(=O)NCN4c3ccccc3)[C@@H](c3ccccc3)[C@H](c3ccc(CO)cc3)O2)c1. The molecule has 0 radical (unpaired) electrons. The minimum Gasteiger partial charge on any atom is -0.392 e. The molecule has 3 fully saturated rings. The Morgan fingerprint density at radius 3 is 2.28 bits per heavy atom. The van der Waals surface area contributed by atoms with Crippen LogP contribution in [-0.2, 0) is 20.9 Å². The van der Waals surface area contributed by atoms with Crippen LogP contribution < -0.4 is 20.9 Å². The Balaban J connectivity index is 1.19. The van der Waals surface area contributed by atoms with Gasteiger partial charge in [-0.15, -0.1) is 0 Å². The van der Waals surface area contributed by atoms with Gasteiger partial charge in [-0.25, -0.2) is 4.79 Å². The molecule has 10 nitrogen and oxygen atoms in total. The van der Waals surface area contributed by atoms with E-state index in [-0.39, 0.29) is 36.7 Å². The van der Waals surface area contributed by atoms with Crippen molar-refractivity contribution in [1.29, 1.82) is 0 Å². The van der Waals surface area contributed by atoms with Crippen molar-refractivity contribution < 1.29 is 24.2 Å². The molecule has 3 aliphatic rings. The summed E-state index contributed by atoms with van der Waals surface area (Å²) in [6, 6.07) is 35.8. The van der Waals surface area contributed by atoms with Gasteiger partial charge >= 0.3 is 6.03 Å². The molecule has 1 spiro atoms. The van der Waals surface area contributed by atoms with Gasteiger partial charge in [-0.2, -0.15) is 0 Å². The topological polar surface area (TPSA) is 115 Å². The Labute approximate surface area is 293 Å². The molecule has 3 heterocycles. The van der Waals surface area contributed by atoms with E-state index in [9.17, 15) is 14.7 Å². The fourth-order valence-electron chi connectivity index (χ4n) is 7.66. The van der Waals surface area contributed by atoms with Crippen molar-refractivity contribution >= 4 is 23.3 Å². The number of likely N-dealkylation sites (tertiary alicyclic amines) is 1. The van der Waals surface area contributed by atoms with Crippen LogP contribution in [0.2, 0.25) is 0 Å². The van der Waals surface area contributed by atoms with E-state index >= 15 is 0 Å². The number of piperidine rings is 1. The first kappa shape index (κ1) is 33.7. The lowest BCUT2D eigenvalue weighted by molar-refractivity contribution is -0.264. The van der Waals surface area contributed by atoms with Crippen LogP contribution in [0.3, 0.4) is 0 Å². The number of anilines is 2. The third kappa shape index (κ3) is 6.97. The summed E-state index contributed by atoms with van der Waals surface area (Å²) in [5.41, 5.74) is 4.85. The van der Waals surface area contributed by atoms with Gasteiger partial charge in [-0.1, -0.05) is 84.9 Å². The molecule has 10 heteroatoms. The molecule has 0 saturated carbocycles. The summed E-state index contributed by atoms with van der Waals surface area (Å²) in [6.07, 6.45) is 0.0738. The molecule has 0 aliphatic carbocycles. The number of para-hydroxylation sites is 1. The van der Waals surface area contributed by atoms with Gasteiger partial charge in [0.25, 0.3) is 0 Å². The summed E-state index contributed by atoms with van der Waals surface area (Å²) in [5.74, 6) is -0.0476. The standard InChI is InChI=1S/C40H45N5O5/c1-2-41-39(48)43-32-13-9-12-31(24-32)37-49-34(35(29-10-5-3-6-11-29)36(50-37)30-18-16-28(26-46)17-19-30)25-44-22-20-40(21-23-44)38(47)42-27-45(40)33-14-7-4-8-15-33/h3-19,24,34-37,46H,2,20-23,25-27H2,1H3,(H,42,47)(H2,41,43,48)/t34-,35-,36+,37?/m1/s1. The van der Waals surface area contributed by atoms with Crippen LogP contribution in [-0.4, -0.2) is 66.4 Å². The number of aliphatic hydroxyl groups is 1. The Kier molecular flexibility index (Phi) is 10.1. The molecule has 0 aromatic heterocycles. The van der Waals surface area contributed by atoms with Crippen LogP contribution in [0.15, 0.2) is 109 Å². The van der Waals surface area contributed by atoms with Crippen LogP contribution in [0.1, 0.15) is 60.3 Å². The van der Waals surface area contributed by atoms with Crippen LogP contribution in [0.5, 0.6) is 0 Å². The highest BCUT2D eigenvalue weighted by molar-refractivity contribution is 5.93. The first-order valence-electron chi connectivity index (χ1n) is 17.5. The van der Waals surface area contributed by atoms with Gasteiger partial charge in [0.15, 0.2) is 6.29 Å². The molecule has 7 rings (SSSR count). The number of aliphatic hydroxyl groups excluding tert-OH is 1. The van der Waals surface area contributed by atoms with Gasteiger partial charge in [0.05, 0.1) is 25.5 Å². The van der Waals surface area contributed by atoms with Crippen molar-refractivity contribution in [2.45, 2.75) is 56.3 Å². The number of amides is 3. The van der Waals surface area contributed by atoms with Crippen LogP contribution in [0, 0.1) is 0 Å². The molecular weight excluding hydrogens is 630 g/mol. The molecule has 4 N–H and O–H groups in total. The van der Waals surface area contributed by atoms with E-state index in [2.05, 4.69) is 50.0 Å². The Morgan fingerprint density at radius 2 is 1.58 bits per heavy atom. The third-order valence-corrected chi connectivity index (χ3v) is 10.3. The number of carbonyl (C=O) groups excluding carboxylic acids is 2. The van der Waals surface area contributed by atoms with E-state index in [4.69, 9.17) is 9.47 Å². The van der Waals surface area contributed by atoms with Gasteiger partial charge in [0.1, 0.15) is 5.54 Å². The van der Waals surface area contributed by atoms with E-state index in [1.807, 2.05) is 91.9 Å². The third-order valence-electron chi connectivity index (χ3n) is 10.3. The summed E-state index contributed by atoms with van der Waals surface area (Å²) >= 11 is 0. The lowest BCUT2D eigenvalue weighted by Crippen LogP contribution is -2.57. The number of nitrogens with zero attached hydrogens (tertiary/aromatic N) is 2. The fourth-order valence-corrected chi connectivity index (χ4v) is 7.66. The molecule has 3 amide bonds. The summed E-state index contributed by atoms with van der Waals surface area (Å²) in [7, 11) is 0. The van der Waals surface area contributed by atoms with Gasteiger partial charge in [-0.3, -0.25) is 4.79 Å². The number of carbonyl (C=O) groups is 2. The van der Waals surface area contributed by atoms with E-state index in [1.54, 1.807) is 0 Å². The van der Waals surface area contributed by atoms with Gasteiger partial charge in [-0.05, 0) is 60.7 Å². The average Bonchev–Trinajstić information content (AvgIpc) is 3.47. The molecule has 1 unspecified atom stereocenters. The molecule has 3 aliphatic heterocycles. The fraction of sp³-hybridized carbons (Fsp3) is 0.350. The normalized spacial score (nSPS) is 23.4. The highest BCUT2D eigenvalue weighted by Crippen LogP contribution is 2.48. The molecule has 4 aromatic carbocycles. The number of hydrogen-bond acceptors (Lipinski definition) is 7. The zero-order chi connectivity index (χ0) is 34.5. The second-order valence-electron chi connectivity index (χ2n) is 13.3. The van der Waals surface area contributed by atoms with Crippen LogP contribution in [0.25, 0.3) is 0 Å². The van der Waals surface area contributed by atoms with Crippen molar-refractivity contribution in [3.63, 3.8) is 0 Å². The van der Waals surface area contributed by atoms with Gasteiger partial charge < -0.3 is 40.3 Å². The van der Waals surface area contributed by atoms with Crippen molar-refractivity contribution in [2.24, 2.45) is 0 Å². The first-order valence-corrected chi connectivity index (χ1v) is 17.5. The summed E-state index contributed by atoms with van der Waals surface area (Å²) < 4.78 is 13.8. The zero-order valence-electron chi connectivity index (χ0n) is 28.3. The maximum absolute atomic E-state index is 13.4. The minimum absolute atomic E-state index is 0.0378. The van der Waals surface area contributed by atoms with E-state index in [0.29, 0.717) is 38.3 Å². The number of benzene rings is 4. The number of nitrogens with one attached hydrogen (secondary N) is 3. The molecule has 50 heavy (non-hydrogen) atoms. The van der Waals surface area contributed by atoms with E-state index in [0.717, 1.165) is 41.0 Å². The number of hydrogen-bond donors (Lipinski definition) is 4. The lowest BCUT2D eigenvalue weighted by Gasteiger charge is -2.47. The maximum atomic E-state index is 13.4. The first-order chi connectivity index (χ1) is 24.5. The largest absolute Gasteiger partial charge is 0.392 e. The van der Waals surface area contributed by atoms with Crippen molar-refractivity contribution in [3.05, 3.63) is 131 Å². The second kappa shape index (κ2) is 15.0. The summed E-state index contributed by atoms with van der Waals surface area (Å²) in [6.45, 7) is 4.99. The van der Waals surface area contributed by atoms with Crippen molar-refractivity contribution in [3.8, 4) is 0 Å². The Morgan fingerprint density at radius 1 is 0.880 bits per heavy atom. The number of rotatable bonds is 9. The molecule has 4 aromatic rings. The van der Waals surface area contributed by atoms with E-state index < -0.39 is 11.8 Å². The summed E-state index contributed by atoms with van der Waals surface area (Å²) in [4.78, 5) is 30.4. The molecule has 0 bridgehead atoms. The van der Waals surface area contributed by atoms with Crippen LogP contribution in [0.4, 0.5) is 16.2 Å². The smallest absolute Gasteiger partial charge is 0.319 e. The van der Waals surface area contributed by atoms with Gasteiger partial charge in [0, 0.05) is 49.0 Å². The van der Waals surface area contributed by atoms with E-state index in [1.165, 1.54) is 0 Å². The summed E-state index contributed by atoms with van der Waals surface area (Å²) in [5, 5.41) is 18.6. The lowest BCUT2D eigenvalue weighted by atomic mass is 9.82. The number of urea groups is 1. The quantitative estimate of drug-likeness (QED) is 0.180. The number of ether oxygens (including phenoxy) is 2. The maximum Gasteiger partial charge on any atom is 0.319 e. The van der Waals surface area contributed by atoms with Crippen molar-refractivity contribution in [1.82, 2.24) is 15.5 Å². The highest BCUT2D eigenvalue weighted by atomic mass is 16.7. The molecular formula is C40H45N5O5. The van der Waals surface area contributed by atoms with Crippen molar-refractivity contribution in [2.75, 3.05) is 43.1 Å². The highest BCUT2D eigenvalue weighted by Gasteiger charge is 2.51. The molecule has 4 atom stereocenters.